The second-order valence-electron chi connectivity index (χ2n) is 2.12. The topological polar surface area (TPSA) is 121 Å². The normalized spacial score (nSPS) is 14.3. The van der Waals surface area contributed by atoms with Crippen molar-refractivity contribution >= 4 is 28.4 Å². The van der Waals surface area contributed by atoms with E-state index < -0.39 is 28.4 Å². The molecule has 1 rings (SSSR count). The van der Waals surface area contributed by atoms with Gasteiger partial charge in [0.1, 0.15) is 12.0 Å². The number of amides is 1. The minimum Gasteiger partial charge on any atom is -0.288 e. The Morgan fingerprint density at radius 2 is 1.93 bits per heavy atom. The summed E-state index contributed by atoms with van der Waals surface area (Å²) in [5.74, 6) is -1.14. The van der Waals surface area contributed by atoms with Gasteiger partial charge in [-0.2, -0.15) is 0 Å². The summed E-state index contributed by atoms with van der Waals surface area (Å²) < 4.78 is 38.2. The molecule has 15 heavy (non-hydrogen) atoms. The zero-order chi connectivity index (χ0) is 11.4. The van der Waals surface area contributed by atoms with Crippen LogP contribution in [-0.2, 0) is 22.5 Å². The van der Waals surface area contributed by atoms with E-state index in [1.807, 2.05) is 0 Å². The molecule has 82 valence electrons. The Hall–Kier alpha value is -1.23. The van der Waals surface area contributed by atoms with Gasteiger partial charge in [-0.25, -0.2) is 18.4 Å². The Kier molecular flexibility index (Phi) is 3.96. The van der Waals surface area contributed by atoms with Crippen LogP contribution in [0.3, 0.4) is 0 Å². The monoisotopic (exact) mass is 251 g/mol. The summed E-state index contributed by atoms with van der Waals surface area (Å²) in [6.07, 6.45) is 2.25. The van der Waals surface area contributed by atoms with Crippen molar-refractivity contribution in [2.75, 3.05) is 0 Å². The highest BCUT2D eigenvalue weighted by molar-refractivity contribution is 7.93. The maximum Gasteiger partial charge on any atom is 0.300 e. The zero-order valence-electron chi connectivity index (χ0n) is 7.01. The minimum absolute atomic E-state index is 0.137. The van der Waals surface area contributed by atoms with E-state index in [4.69, 9.17) is 9.11 Å². The van der Waals surface area contributed by atoms with E-state index in [0.717, 1.165) is 12.4 Å². The number of hydrogen-bond acceptors (Lipinski definition) is 5. The third-order valence-electron chi connectivity index (χ3n) is 1.25. The maximum absolute atomic E-state index is 11.4. The van der Waals surface area contributed by atoms with Crippen LogP contribution in [0.15, 0.2) is 18.6 Å². The number of carbonyl (C=O) groups excluding carboxylic acids is 1. The Morgan fingerprint density at radius 3 is 2.33 bits per heavy atom. The van der Waals surface area contributed by atoms with Crippen LogP contribution in [0.25, 0.3) is 0 Å². The molecule has 0 aliphatic heterocycles. The predicted octanol–water partition coefficient (Wildman–Crippen LogP) is -0.808. The van der Waals surface area contributed by atoms with Crippen molar-refractivity contribution in [2.45, 2.75) is 0 Å². The molecule has 0 radical (unpaired) electrons. The predicted molar refractivity (Wildman–Crippen MR) is 49.7 cm³/mol. The molecule has 8 nitrogen and oxygen atoms in total. The molecule has 1 aromatic heterocycles. The molecule has 0 spiro atoms. The van der Waals surface area contributed by atoms with Crippen LogP contribution in [0.2, 0.25) is 0 Å². The van der Waals surface area contributed by atoms with E-state index in [0.29, 0.717) is 0 Å². The Labute approximate surface area is 89.2 Å². The lowest BCUT2D eigenvalue weighted by Crippen LogP contribution is -2.34. The molecule has 0 bridgehead atoms. The second kappa shape index (κ2) is 5.02. The fraction of sp³-hybridized carbons (Fsp3) is 0. The lowest BCUT2D eigenvalue weighted by Gasteiger charge is -2.11. The zero-order valence-corrected chi connectivity index (χ0v) is 8.64. The average molecular weight is 251 g/mol. The van der Waals surface area contributed by atoms with Gasteiger partial charge in [-0.05, 0) is 6.07 Å². The molecular formula is C5H5N3O5S2. The number of aromatic nitrogens is 2. The third kappa shape index (κ3) is 2.86. The molecule has 2 atom stereocenters. The molecule has 0 aromatic carbocycles. The van der Waals surface area contributed by atoms with Crippen molar-refractivity contribution < 1.29 is 22.3 Å². The first kappa shape index (κ1) is 11.8. The SMILES string of the molecule is O=C(c1ccncn1)N(S(=O)O)S(=O)O. The largest absolute Gasteiger partial charge is 0.300 e. The first-order chi connectivity index (χ1) is 7.04. The van der Waals surface area contributed by atoms with Crippen LogP contribution < -0.4 is 0 Å². The quantitative estimate of drug-likeness (QED) is 0.674. The van der Waals surface area contributed by atoms with Crippen LogP contribution in [0.4, 0.5) is 0 Å². The average Bonchev–Trinajstić information content (AvgIpc) is 2.18. The summed E-state index contributed by atoms with van der Waals surface area (Å²) in [5.41, 5.74) is -0.255. The van der Waals surface area contributed by atoms with Crippen LogP contribution >= 0.6 is 0 Å². The Morgan fingerprint density at radius 1 is 1.33 bits per heavy atom. The number of hydrogen-bond donors (Lipinski definition) is 2. The summed E-state index contributed by atoms with van der Waals surface area (Å²) in [7, 11) is 0. The molecule has 10 heteroatoms. The van der Waals surface area contributed by atoms with Gasteiger partial charge in [0.05, 0.1) is 0 Å². The highest BCUT2D eigenvalue weighted by atomic mass is 32.3. The summed E-state index contributed by atoms with van der Waals surface area (Å²) in [5, 5.41) is 0. The summed E-state index contributed by atoms with van der Waals surface area (Å²) in [6, 6.07) is 1.15. The Bertz CT molecular complexity index is 396. The lowest BCUT2D eigenvalue weighted by atomic mass is 10.4. The van der Waals surface area contributed by atoms with Crippen molar-refractivity contribution in [3.8, 4) is 0 Å². The first-order valence-electron chi connectivity index (χ1n) is 3.36. The molecule has 0 saturated heterocycles. The van der Waals surface area contributed by atoms with Crippen molar-refractivity contribution in [2.24, 2.45) is 0 Å². The molecule has 1 amide bonds. The fourth-order valence-corrected chi connectivity index (χ4v) is 1.61. The Balaban J connectivity index is 3.02. The smallest absolute Gasteiger partial charge is 0.288 e. The lowest BCUT2D eigenvalue weighted by molar-refractivity contribution is 0.0914. The van der Waals surface area contributed by atoms with Gasteiger partial charge in [0.2, 0.25) is 0 Å². The molecule has 1 aromatic rings. The van der Waals surface area contributed by atoms with E-state index >= 15 is 0 Å². The van der Waals surface area contributed by atoms with Crippen LogP contribution in [0.1, 0.15) is 10.5 Å². The summed E-state index contributed by atoms with van der Waals surface area (Å²) in [6.45, 7) is 0. The molecule has 0 saturated carbocycles. The van der Waals surface area contributed by atoms with Gasteiger partial charge in [-0.15, -0.1) is 3.71 Å². The minimum atomic E-state index is -2.89. The van der Waals surface area contributed by atoms with Crippen LogP contribution in [0.5, 0.6) is 0 Å². The number of carbonyl (C=O) groups is 1. The number of nitrogens with zero attached hydrogens (tertiary/aromatic N) is 3. The van der Waals surface area contributed by atoms with E-state index in [9.17, 15) is 13.2 Å². The van der Waals surface area contributed by atoms with Crippen molar-refractivity contribution in [3.63, 3.8) is 0 Å². The van der Waals surface area contributed by atoms with Crippen molar-refractivity contribution in [3.05, 3.63) is 24.3 Å². The molecule has 0 aliphatic rings. The highest BCUT2D eigenvalue weighted by Crippen LogP contribution is 2.04. The second-order valence-corrected chi connectivity index (χ2v) is 4.00. The molecule has 2 unspecified atom stereocenters. The van der Waals surface area contributed by atoms with Gasteiger partial charge in [0.25, 0.3) is 28.4 Å². The first-order valence-corrected chi connectivity index (χ1v) is 5.49. The summed E-state index contributed by atoms with van der Waals surface area (Å²) in [4.78, 5) is 18.3. The molecular weight excluding hydrogens is 246 g/mol. The molecule has 0 aliphatic carbocycles. The molecule has 0 fully saturated rings. The summed E-state index contributed by atoms with van der Waals surface area (Å²) >= 11 is -5.78. The third-order valence-corrected chi connectivity index (χ3v) is 2.91. The fourth-order valence-electron chi connectivity index (χ4n) is 0.707. The van der Waals surface area contributed by atoms with Crippen LogP contribution in [0, 0.1) is 0 Å². The van der Waals surface area contributed by atoms with Gasteiger partial charge in [-0.1, -0.05) is 0 Å². The molecule has 2 N–H and O–H groups in total. The number of rotatable bonds is 3. The van der Waals surface area contributed by atoms with Gasteiger partial charge >= 0.3 is 0 Å². The van der Waals surface area contributed by atoms with E-state index in [-0.39, 0.29) is 9.40 Å². The van der Waals surface area contributed by atoms with Crippen LogP contribution in [-0.4, -0.2) is 37.1 Å². The van der Waals surface area contributed by atoms with Gasteiger partial charge in [0.15, 0.2) is 0 Å². The van der Waals surface area contributed by atoms with Gasteiger partial charge in [-0.3, -0.25) is 13.9 Å². The van der Waals surface area contributed by atoms with E-state index in [1.54, 1.807) is 0 Å². The maximum atomic E-state index is 11.4. The highest BCUT2D eigenvalue weighted by Gasteiger charge is 2.26. The molecule has 1 heterocycles. The van der Waals surface area contributed by atoms with Gasteiger partial charge in [0, 0.05) is 6.20 Å². The van der Waals surface area contributed by atoms with E-state index in [2.05, 4.69) is 9.97 Å². The van der Waals surface area contributed by atoms with Crippen molar-refractivity contribution in [1.82, 2.24) is 13.7 Å². The van der Waals surface area contributed by atoms with Gasteiger partial charge < -0.3 is 0 Å². The van der Waals surface area contributed by atoms with E-state index in [1.165, 1.54) is 6.20 Å². The van der Waals surface area contributed by atoms with Crippen molar-refractivity contribution in [1.29, 1.82) is 0 Å². The standard InChI is InChI=1S/C5H5N3O5S2/c9-5(4-1-2-6-3-7-4)8(14(10)11)15(12)13/h1-3H,(H,10,11)(H,12,13).